The third-order valence-corrected chi connectivity index (χ3v) is 3.72. The lowest BCUT2D eigenvalue weighted by Gasteiger charge is -2.32. The van der Waals surface area contributed by atoms with Gasteiger partial charge in [0.15, 0.2) is 0 Å². The third-order valence-electron chi connectivity index (χ3n) is 3.72. The minimum atomic E-state index is -0.0797. The molecule has 1 aromatic rings. The second kappa shape index (κ2) is 7.81. The normalized spacial score (nSPS) is 15.9. The Kier molecular flexibility index (Phi) is 5.78. The van der Waals surface area contributed by atoms with Crippen LogP contribution in [0.4, 0.5) is 5.69 Å². The number of piperidine rings is 1. The predicted octanol–water partition coefficient (Wildman–Crippen LogP) is 0.0813. The molecule has 0 radical (unpaired) electrons. The summed E-state index contributed by atoms with van der Waals surface area (Å²) >= 11 is 0. The van der Waals surface area contributed by atoms with E-state index in [0.29, 0.717) is 25.7 Å². The highest BCUT2D eigenvalue weighted by Gasteiger charge is 2.19. The maximum Gasteiger partial charge on any atom is 0.268 e. The van der Waals surface area contributed by atoms with Crippen LogP contribution in [-0.2, 0) is 11.3 Å². The van der Waals surface area contributed by atoms with E-state index in [0.717, 1.165) is 31.6 Å². The fraction of sp³-hybridized carbons (Fsp3) is 0.600. The lowest BCUT2D eigenvalue weighted by atomic mass is 10.1. The van der Waals surface area contributed by atoms with Gasteiger partial charge >= 0.3 is 0 Å². The fourth-order valence-corrected chi connectivity index (χ4v) is 2.46. The van der Waals surface area contributed by atoms with Crippen LogP contribution < -0.4 is 15.8 Å². The zero-order valence-corrected chi connectivity index (χ0v) is 12.4. The first-order valence-corrected chi connectivity index (χ1v) is 7.23. The Labute approximate surface area is 125 Å². The van der Waals surface area contributed by atoms with E-state index in [4.69, 9.17) is 11.2 Å². The van der Waals surface area contributed by atoms with Crippen LogP contribution in [0.3, 0.4) is 0 Å². The molecule has 1 aliphatic heterocycles. The van der Waals surface area contributed by atoms with Crippen molar-refractivity contribution in [3.8, 4) is 12.3 Å². The maximum atomic E-state index is 12.0. The van der Waals surface area contributed by atoms with E-state index in [9.17, 15) is 4.79 Å². The molecule has 0 amide bonds. The highest BCUT2D eigenvalue weighted by Crippen LogP contribution is 2.18. The molecular formula is C15H22N4O2. The summed E-state index contributed by atoms with van der Waals surface area (Å²) < 4.78 is 6.81. The van der Waals surface area contributed by atoms with Crippen molar-refractivity contribution in [1.29, 1.82) is 0 Å². The molecule has 2 rings (SSSR count). The molecule has 1 fully saturated rings. The van der Waals surface area contributed by atoms with E-state index in [1.54, 1.807) is 19.4 Å². The standard InChI is InChI=1S/C15H22N4O2/c1-3-6-16-7-10-19-15(20)11-13(12-17-19)18-8-4-14(21-2)5-9-18/h1,11-12,14,16H,4-10H2,2H3. The second-order valence-corrected chi connectivity index (χ2v) is 5.08. The van der Waals surface area contributed by atoms with Crippen molar-refractivity contribution in [2.75, 3.05) is 38.2 Å². The summed E-state index contributed by atoms with van der Waals surface area (Å²) in [7, 11) is 1.75. The lowest BCUT2D eigenvalue weighted by molar-refractivity contribution is 0.0819. The van der Waals surface area contributed by atoms with E-state index >= 15 is 0 Å². The van der Waals surface area contributed by atoms with E-state index in [1.165, 1.54) is 4.68 Å². The van der Waals surface area contributed by atoms with Gasteiger partial charge in [-0.2, -0.15) is 5.10 Å². The number of methoxy groups -OCH3 is 1. The van der Waals surface area contributed by atoms with Crippen LogP contribution >= 0.6 is 0 Å². The Balaban J connectivity index is 1.93. The molecule has 114 valence electrons. The molecule has 21 heavy (non-hydrogen) atoms. The topological polar surface area (TPSA) is 59.4 Å². The van der Waals surface area contributed by atoms with Crippen molar-refractivity contribution in [3.63, 3.8) is 0 Å². The number of terminal acetylenes is 1. The first kappa shape index (κ1) is 15.5. The highest BCUT2D eigenvalue weighted by molar-refractivity contribution is 5.43. The van der Waals surface area contributed by atoms with Gasteiger partial charge in [0.1, 0.15) is 0 Å². The summed E-state index contributed by atoms with van der Waals surface area (Å²) in [6.45, 7) is 3.45. The van der Waals surface area contributed by atoms with Crippen molar-refractivity contribution in [1.82, 2.24) is 15.1 Å². The molecule has 1 aromatic heterocycles. The first-order chi connectivity index (χ1) is 10.2. The summed E-state index contributed by atoms with van der Waals surface area (Å²) in [5.74, 6) is 2.49. The van der Waals surface area contributed by atoms with Crippen LogP contribution in [0.1, 0.15) is 12.8 Å². The number of hydrogen-bond donors (Lipinski definition) is 1. The Morgan fingerprint density at radius 1 is 1.52 bits per heavy atom. The molecular weight excluding hydrogens is 268 g/mol. The van der Waals surface area contributed by atoms with Gasteiger partial charge in [0.05, 0.1) is 31.1 Å². The monoisotopic (exact) mass is 290 g/mol. The van der Waals surface area contributed by atoms with Gasteiger partial charge in [0.25, 0.3) is 5.56 Å². The summed E-state index contributed by atoms with van der Waals surface area (Å²) in [6, 6.07) is 1.65. The molecule has 1 saturated heterocycles. The molecule has 0 atom stereocenters. The van der Waals surface area contributed by atoms with E-state index in [2.05, 4.69) is 21.2 Å². The van der Waals surface area contributed by atoms with Gasteiger partial charge in [-0.05, 0) is 12.8 Å². The average molecular weight is 290 g/mol. The van der Waals surface area contributed by atoms with E-state index in [1.807, 2.05) is 0 Å². The van der Waals surface area contributed by atoms with Gasteiger partial charge in [0.2, 0.25) is 0 Å². The number of nitrogens with zero attached hydrogens (tertiary/aromatic N) is 3. The largest absolute Gasteiger partial charge is 0.381 e. The van der Waals surface area contributed by atoms with Crippen LogP contribution in [0.25, 0.3) is 0 Å². The van der Waals surface area contributed by atoms with Gasteiger partial charge in [-0.25, -0.2) is 4.68 Å². The average Bonchev–Trinajstić information content (AvgIpc) is 2.53. The molecule has 0 aromatic carbocycles. The van der Waals surface area contributed by atoms with E-state index in [-0.39, 0.29) is 5.56 Å². The van der Waals surface area contributed by atoms with E-state index < -0.39 is 0 Å². The minimum absolute atomic E-state index is 0.0797. The van der Waals surface area contributed by atoms with Crippen molar-refractivity contribution < 1.29 is 4.74 Å². The summed E-state index contributed by atoms with van der Waals surface area (Å²) in [4.78, 5) is 14.2. The smallest absolute Gasteiger partial charge is 0.268 e. The molecule has 1 aliphatic rings. The van der Waals surface area contributed by atoms with Gasteiger partial charge < -0.3 is 15.0 Å². The van der Waals surface area contributed by atoms with Gasteiger partial charge in [-0.1, -0.05) is 5.92 Å². The molecule has 0 bridgehead atoms. The van der Waals surface area contributed by atoms with Crippen molar-refractivity contribution in [2.45, 2.75) is 25.5 Å². The number of hydrogen-bond acceptors (Lipinski definition) is 5. The zero-order valence-electron chi connectivity index (χ0n) is 12.4. The number of anilines is 1. The van der Waals surface area contributed by atoms with Crippen LogP contribution in [0.15, 0.2) is 17.1 Å². The van der Waals surface area contributed by atoms with Crippen LogP contribution in [0.5, 0.6) is 0 Å². The molecule has 1 N–H and O–H groups in total. The molecule has 0 spiro atoms. The summed E-state index contributed by atoms with van der Waals surface area (Å²) in [6.07, 6.45) is 9.20. The van der Waals surface area contributed by atoms with Crippen molar-refractivity contribution in [2.24, 2.45) is 0 Å². The Morgan fingerprint density at radius 3 is 2.90 bits per heavy atom. The Hall–Kier alpha value is -1.84. The Bertz CT molecular complexity index is 541. The quantitative estimate of drug-likeness (QED) is 0.594. The number of aromatic nitrogens is 2. The molecule has 0 unspecified atom stereocenters. The maximum absolute atomic E-state index is 12.0. The summed E-state index contributed by atoms with van der Waals surface area (Å²) in [5, 5.41) is 7.27. The Morgan fingerprint density at radius 2 is 2.29 bits per heavy atom. The van der Waals surface area contributed by atoms with Crippen LogP contribution in [0.2, 0.25) is 0 Å². The molecule has 2 heterocycles. The van der Waals surface area contributed by atoms with Crippen LogP contribution in [0, 0.1) is 12.3 Å². The zero-order chi connectivity index (χ0) is 15.1. The van der Waals surface area contributed by atoms with Gasteiger partial charge in [0, 0.05) is 32.8 Å². The lowest BCUT2D eigenvalue weighted by Crippen LogP contribution is -2.38. The number of rotatable bonds is 6. The molecule has 6 nitrogen and oxygen atoms in total. The number of ether oxygens (including phenoxy) is 1. The fourth-order valence-electron chi connectivity index (χ4n) is 2.46. The first-order valence-electron chi connectivity index (χ1n) is 7.23. The van der Waals surface area contributed by atoms with Gasteiger partial charge in [-0.15, -0.1) is 6.42 Å². The van der Waals surface area contributed by atoms with Gasteiger partial charge in [-0.3, -0.25) is 4.79 Å². The third kappa shape index (κ3) is 4.31. The number of nitrogens with one attached hydrogen (secondary N) is 1. The SMILES string of the molecule is C#CCNCCn1ncc(N2CCC(OC)CC2)cc1=O. The summed E-state index contributed by atoms with van der Waals surface area (Å²) in [5.41, 5.74) is 0.811. The predicted molar refractivity (Wildman–Crippen MR) is 82.4 cm³/mol. The second-order valence-electron chi connectivity index (χ2n) is 5.08. The minimum Gasteiger partial charge on any atom is -0.381 e. The van der Waals surface area contributed by atoms with Crippen LogP contribution in [-0.4, -0.2) is 49.2 Å². The highest BCUT2D eigenvalue weighted by atomic mass is 16.5. The molecule has 0 aliphatic carbocycles. The van der Waals surface area contributed by atoms with Crippen molar-refractivity contribution in [3.05, 3.63) is 22.6 Å². The molecule has 0 saturated carbocycles. The molecule has 6 heteroatoms. The van der Waals surface area contributed by atoms with Crippen molar-refractivity contribution >= 4 is 5.69 Å².